The number of likely N-dealkylation sites (tertiary alicyclic amines) is 1. The second-order valence-electron chi connectivity index (χ2n) is 9.96. The van der Waals surface area contributed by atoms with Gasteiger partial charge in [0.05, 0.1) is 39.9 Å². The fraction of sp³-hybridized carbons (Fsp3) is 0.533. The molecular formula is C30H40N2O5. The summed E-state index contributed by atoms with van der Waals surface area (Å²) in [5.74, 6) is 2.81. The van der Waals surface area contributed by atoms with Crippen molar-refractivity contribution < 1.29 is 23.7 Å². The number of carbonyl (C=O) groups excluding carboxylic acids is 1. The fourth-order valence-corrected chi connectivity index (χ4v) is 5.36. The van der Waals surface area contributed by atoms with E-state index in [2.05, 4.69) is 24.8 Å². The molecule has 37 heavy (non-hydrogen) atoms. The maximum Gasteiger partial charge on any atom is 0.166 e. The molecule has 1 aliphatic heterocycles. The standard InChI is InChI=1S/C30H40N2O5/c1-21(2)30(20-31,24-9-11-26(35-4)28(19-24)37-6)14-7-15-32-16-12-22(13-17-32)29(33)23-8-10-25(34-3)27(18-23)36-5/h8-11,18-19,21-22H,7,12-17H2,1-6H3. The lowest BCUT2D eigenvalue weighted by Gasteiger charge is -2.34. The molecule has 0 aromatic heterocycles. The number of nitrogens with zero attached hydrogens (tertiary/aromatic N) is 2. The highest BCUT2D eigenvalue weighted by atomic mass is 16.5. The summed E-state index contributed by atoms with van der Waals surface area (Å²) < 4.78 is 21.5. The number of carbonyl (C=O) groups is 1. The van der Waals surface area contributed by atoms with Gasteiger partial charge >= 0.3 is 0 Å². The summed E-state index contributed by atoms with van der Waals surface area (Å²) in [6.07, 6.45) is 3.31. The number of rotatable bonds is 12. The number of benzene rings is 2. The third kappa shape index (κ3) is 6.19. The zero-order valence-corrected chi connectivity index (χ0v) is 23.0. The molecule has 200 valence electrons. The number of piperidine rings is 1. The van der Waals surface area contributed by atoms with Gasteiger partial charge in [0, 0.05) is 11.5 Å². The minimum absolute atomic E-state index is 0.00924. The summed E-state index contributed by atoms with van der Waals surface area (Å²) in [4.78, 5) is 15.5. The number of methoxy groups -OCH3 is 4. The van der Waals surface area contributed by atoms with Crippen LogP contribution in [-0.2, 0) is 5.41 Å². The van der Waals surface area contributed by atoms with Crippen molar-refractivity contribution in [1.82, 2.24) is 4.90 Å². The monoisotopic (exact) mass is 508 g/mol. The molecule has 1 fully saturated rings. The summed E-state index contributed by atoms with van der Waals surface area (Å²) in [6.45, 7) is 6.86. The van der Waals surface area contributed by atoms with Gasteiger partial charge in [-0.15, -0.1) is 0 Å². The molecule has 0 aliphatic carbocycles. The molecule has 1 heterocycles. The normalized spacial score (nSPS) is 16.1. The second kappa shape index (κ2) is 12.8. The first kappa shape index (κ1) is 28.3. The topological polar surface area (TPSA) is 81.0 Å². The van der Waals surface area contributed by atoms with Gasteiger partial charge in [-0.3, -0.25) is 4.79 Å². The molecule has 0 saturated carbocycles. The fourth-order valence-electron chi connectivity index (χ4n) is 5.36. The maximum absolute atomic E-state index is 13.1. The Hall–Kier alpha value is -3.24. The van der Waals surface area contributed by atoms with Crippen LogP contribution in [0.1, 0.15) is 55.5 Å². The Morgan fingerprint density at radius 3 is 2.05 bits per heavy atom. The summed E-state index contributed by atoms with van der Waals surface area (Å²) in [7, 11) is 6.40. The molecule has 0 N–H and O–H groups in total. The molecule has 0 amide bonds. The number of Topliss-reactive ketones (excluding diaryl/α,β-unsaturated/α-hetero) is 1. The highest BCUT2D eigenvalue weighted by molar-refractivity contribution is 5.98. The zero-order chi connectivity index (χ0) is 27.0. The third-order valence-electron chi connectivity index (χ3n) is 7.76. The van der Waals surface area contributed by atoms with Crippen molar-refractivity contribution in [3.63, 3.8) is 0 Å². The minimum Gasteiger partial charge on any atom is -0.493 e. The second-order valence-corrected chi connectivity index (χ2v) is 9.96. The van der Waals surface area contributed by atoms with E-state index in [1.165, 1.54) is 0 Å². The lowest BCUT2D eigenvalue weighted by Crippen LogP contribution is -2.38. The van der Waals surface area contributed by atoms with Crippen molar-refractivity contribution in [2.75, 3.05) is 48.1 Å². The summed E-state index contributed by atoms with van der Waals surface area (Å²) >= 11 is 0. The van der Waals surface area contributed by atoms with E-state index >= 15 is 0 Å². The predicted octanol–water partition coefficient (Wildman–Crippen LogP) is 5.51. The van der Waals surface area contributed by atoms with Crippen LogP contribution in [0.2, 0.25) is 0 Å². The molecule has 7 heteroatoms. The molecule has 1 atom stereocenters. The van der Waals surface area contributed by atoms with Crippen LogP contribution >= 0.6 is 0 Å². The van der Waals surface area contributed by atoms with E-state index in [0.29, 0.717) is 28.6 Å². The lowest BCUT2D eigenvalue weighted by molar-refractivity contribution is 0.0837. The van der Waals surface area contributed by atoms with Crippen molar-refractivity contribution >= 4 is 5.78 Å². The Morgan fingerprint density at radius 1 is 0.946 bits per heavy atom. The molecule has 7 nitrogen and oxygen atoms in total. The van der Waals surface area contributed by atoms with E-state index in [1.54, 1.807) is 40.6 Å². The summed E-state index contributed by atoms with van der Waals surface area (Å²) in [5.41, 5.74) is 1.02. The van der Waals surface area contributed by atoms with Gasteiger partial charge in [-0.05, 0) is 87.1 Å². The third-order valence-corrected chi connectivity index (χ3v) is 7.76. The minimum atomic E-state index is -0.610. The van der Waals surface area contributed by atoms with Crippen LogP contribution < -0.4 is 18.9 Å². The van der Waals surface area contributed by atoms with Crippen LogP contribution in [0.15, 0.2) is 36.4 Å². The SMILES string of the molecule is COc1ccc(C(=O)C2CCN(CCCC(C#N)(c3ccc(OC)c(OC)c3)C(C)C)CC2)cc1OC. The molecule has 0 radical (unpaired) electrons. The van der Waals surface area contributed by atoms with Crippen molar-refractivity contribution in [1.29, 1.82) is 5.26 Å². The Balaban J connectivity index is 1.60. The van der Waals surface area contributed by atoms with Crippen molar-refractivity contribution in [2.45, 2.75) is 44.9 Å². The molecule has 1 unspecified atom stereocenters. The number of ether oxygens (including phenoxy) is 4. The summed E-state index contributed by atoms with van der Waals surface area (Å²) in [6, 6.07) is 13.8. The van der Waals surface area contributed by atoms with Crippen molar-refractivity contribution in [3.8, 4) is 29.1 Å². The van der Waals surface area contributed by atoms with E-state index in [-0.39, 0.29) is 17.6 Å². The first-order valence-corrected chi connectivity index (χ1v) is 13.0. The van der Waals surface area contributed by atoms with E-state index in [0.717, 1.165) is 50.9 Å². The smallest absolute Gasteiger partial charge is 0.166 e. The highest BCUT2D eigenvalue weighted by Gasteiger charge is 2.36. The van der Waals surface area contributed by atoms with Crippen LogP contribution in [0, 0.1) is 23.2 Å². The van der Waals surface area contributed by atoms with Crippen LogP contribution in [0.5, 0.6) is 23.0 Å². The average molecular weight is 509 g/mol. The first-order valence-electron chi connectivity index (χ1n) is 13.0. The Labute approximate surface area is 221 Å². The Bertz CT molecular complexity index is 1100. The molecule has 2 aromatic carbocycles. The molecule has 1 aliphatic rings. The number of ketones is 1. The van der Waals surface area contributed by atoms with E-state index in [1.807, 2.05) is 24.3 Å². The van der Waals surface area contributed by atoms with Crippen LogP contribution in [0.25, 0.3) is 0 Å². The van der Waals surface area contributed by atoms with Crippen LogP contribution in [-0.4, -0.2) is 58.8 Å². The predicted molar refractivity (Wildman–Crippen MR) is 144 cm³/mol. The van der Waals surface area contributed by atoms with Gasteiger partial charge in [-0.25, -0.2) is 0 Å². The van der Waals surface area contributed by atoms with Gasteiger partial charge in [-0.1, -0.05) is 19.9 Å². The average Bonchev–Trinajstić information content (AvgIpc) is 2.94. The van der Waals surface area contributed by atoms with E-state index in [9.17, 15) is 10.1 Å². The van der Waals surface area contributed by atoms with Gasteiger partial charge in [0.15, 0.2) is 28.8 Å². The van der Waals surface area contributed by atoms with Gasteiger partial charge in [-0.2, -0.15) is 5.26 Å². The maximum atomic E-state index is 13.1. The molecule has 2 aromatic rings. The number of hydrogen-bond donors (Lipinski definition) is 0. The number of hydrogen-bond acceptors (Lipinski definition) is 7. The van der Waals surface area contributed by atoms with E-state index in [4.69, 9.17) is 18.9 Å². The zero-order valence-electron chi connectivity index (χ0n) is 23.0. The van der Waals surface area contributed by atoms with Crippen LogP contribution in [0.3, 0.4) is 0 Å². The van der Waals surface area contributed by atoms with Gasteiger partial charge in [0.25, 0.3) is 0 Å². The quantitative estimate of drug-likeness (QED) is 0.350. The number of nitriles is 1. The van der Waals surface area contributed by atoms with Crippen molar-refractivity contribution in [2.24, 2.45) is 11.8 Å². The largest absolute Gasteiger partial charge is 0.493 e. The van der Waals surface area contributed by atoms with Gasteiger partial charge < -0.3 is 23.8 Å². The highest BCUT2D eigenvalue weighted by Crippen LogP contribution is 2.40. The molecule has 3 rings (SSSR count). The Morgan fingerprint density at radius 2 is 1.51 bits per heavy atom. The molecular weight excluding hydrogens is 468 g/mol. The van der Waals surface area contributed by atoms with Crippen LogP contribution in [0.4, 0.5) is 0 Å². The summed E-state index contributed by atoms with van der Waals surface area (Å²) in [5, 5.41) is 10.3. The Kier molecular flexibility index (Phi) is 9.82. The molecule has 0 bridgehead atoms. The first-order chi connectivity index (χ1) is 17.8. The lowest BCUT2D eigenvalue weighted by atomic mass is 9.69. The van der Waals surface area contributed by atoms with E-state index < -0.39 is 5.41 Å². The van der Waals surface area contributed by atoms with Gasteiger partial charge in [0.1, 0.15) is 0 Å². The molecule has 0 spiro atoms. The van der Waals surface area contributed by atoms with Crippen molar-refractivity contribution in [3.05, 3.63) is 47.5 Å². The molecule has 1 saturated heterocycles. The van der Waals surface area contributed by atoms with Gasteiger partial charge in [0.2, 0.25) is 0 Å².